The van der Waals surface area contributed by atoms with Gasteiger partial charge >= 0.3 is 0 Å². The summed E-state index contributed by atoms with van der Waals surface area (Å²) in [7, 11) is 1.62. The first-order chi connectivity index (χ1) is 15.4. The maximum atomic E-state index is 13.1. The largest absolute Gasteiger partial charge is 0.508 e. The molecule has 1 aliphatic heterocycles. The highest BCUT2D eigenvalue weighted by Gasteiger charge is 2.33. The normalized spacial score (nSPS) is 14.9. The number of phenols is 1. The number of anilines is 1. The molecule has 0 unspecified atom stereocenters. The Kier molecular flexibility index (Phi) is 5.82. The summed E-state index contributed by atoms with van der Waals surface area (Å²) in [6.45, 7) is 5.99. The number of amides is 1. The number of nitrogens with zero attached hydrogens (tertiary/aromatic N) is 2. The van der Waals surface area contributed by atoms with Crippen LogP contribution in [0.1, 0.15) is 42.0 Å². The van der Waals surface area contributed by atoms with E-state index in [-0.39, 0.29) is 17.6 Å². The van der Waals surface area contributed by atoms with Crippen molar-refractivity contribution < 1.29 is 14.6 Å². The molecule has 32 heavy (non-hydrogen) atoms. The lowest BCUT2D eigenvalue weighted by atomic mass is 9.98. The molecule has 3 aromatic rings. The summed E-state index contributed by atoms with van der Waals surface area (Å²) in [5.74, 6) is 1.39. The Bertz CT molecular complexity index is 1210. The fourth-order valence-corrected chi connectivity index (χ4v) is 3.82. The van der Waals surface area contributed by atoms with Gasteiger partial charge in [-0.2, -0.15) is 4.99 Å². The number of aromatic hydroxyl groups is 1. The standard InChI is InChI=1S/C27H26N2O3/c1-17(2)22-16-23(18(3)14-25(22)30)29-24(15-19-10-12-21(32-4)13-11-19)27(31)28-26(29)20-8-6-5-7-9-20/h5-17,30H,1-4H3. The molecule has 0 spiro atoms. The first kappa shape index (κ1) is 21.4. The molecule has 0 radical (unpaired) electrons. The molecule has 5 nitrogen and oxygen atoms in total. The van der Waals surface area contributed by atoms with Crippen molar-refractivity contribution in [2.45, 2.75) is 26.7 Å². The fourth-order valence-electron chi connectivity index (χ4n) is 3.82. The highest BCUT2D eigenvalue weighted by Crippen LogP contribution is 2.37. The van der Waals surface area contributed by atoms with E-state index in [0.717, 1.165) is 33.7 Å². The average Bonchev–Trinajstić information content (AvgIpc) is 3.10. The topological polar surface area (TPSA) is 62.1 Å². The molecule has 162 valence electrons. The number of phenolic OH excluding ortho intramolecular Hbond substituents is 1. The zero-order valence-corrected chi connectivity index (χ0v) is 18.7. The second-order valence-corrected chi connectivity index (χ2v) is 8.10. The summed E-state index contributed by atoms with van der Waals surface area (Å²) in [6.07, 6.45) is 1.84. The maximum Gasteiger partial charge on any atom is 0.296 e. The third-order valence-corrected chi connectivity index (χ3v) is 5.54. The van der Waals surface area contributed by atoms with E-state index in [9.17, 15) is 9.90 Å². The number of amidine groups is 1. The summed E-state index contributed by atoms with van der Waals surface area (Å²) >= 11 is 0. The number of hydrogen-bond acceptors (Lipinski definition) is 4. The Labute approximate surface area is 188 Å². The number of methoxy groups -OCH3 is 1. The van der Waals surface area contributed by atoms with Gasteiger partial charge in [-0.15, -0.1) is 0 Å². The molecule has 0 saturated carbocycles. The quantitative estimate of drug-likeness (QED) is 0.534. The molecule has 4 rings (SSSR count). The minimum Gasteiger partial charge on any atom is -0.508 e. The van der Waals surface area contributed by atoms with Crippen molar-refractivity contribution in [2.75, 3.05) is 12.0 Å². The maximum absolute atomic E-state index is 13.1. The van der Waals surface area contributed by atoms with Gasteiger partial charge in [-0.3, -0.25) is 9.69 Å². The van der Waals surface area contributed by atoms with Crippen molar-refractivity contribution in [2.24, 2.45) is 4.99 Å². The van der Waals surface area contributed by atoms with Crippen molar-refractivity contribution in [3.8, 4) is 11.5 Å². The van der Waals surface area contributed by atoms with Gasteiger partial charge < -0.3 is 9.84 Å². The molecule has 0 saturated heterocycles. The zero-order valence-electron chi connectivity index (χ0n) is 18.7. The van der Waals surface area contributed by atoms with E-state index in [1.807, 2.05) is 92.4 Å². The summed E-state index contributed by atoms with van der Waals surface area (Å²) in [6, 6.07) is 20.9. The van der Waals surface area contributed by atoms with E-state index in [4.69, 9.17) is 4.74 Å². The number of benzene rings is 3. The molecule has 5 heteroatoms. The summed E-state index contributed by atoms with van der Waals surface area (Å²) in [5.41, 5.74) is 4.66. The van der Waals surface area contributed by atoms with Crippen molar-refractivity contribution >= 4 is 23.5 Å². The van der Waals surface area contributed by atoms with E-state index in [2.05, 4.69) is 4.99 Å². The van der Waals surface area contributed by atoms with Crippen molar-refractivity contribution in [1.29, 1.82) is 0 Å². The third-order valence-electron chi connectivity index (χ3n) is 5.54. The molecule has 1 aliphatic rings. The van der Waals surface area contributed by atoms with Crippen LogP contribution >= 0.6 is 0 Å². The predicted molar refractivity (Wildman–Crippen MR) is 128 cm³/mol. The lowest BCUT2D eigenvalue weighted by molar-refractivity contribution is -0.113. The van der Waals surface area contributed by atoms with E-state index in [1.54, 1.807) is 13.2 Å². The highest BCUT2D eigenvalue weighted by molar-refractivity contribution is 6.28. The van der Waals surface area contributed by atoms with E-state index >= 15 is 0 Å². The van der Waals surface area contributed by atoms with Crippen LogP contribution in [-0.2, 0) is 4.79 Å². The molecule has 0 atom stereocenters. The lowest BCUT2D eigenvalue weighted by Gasteiger charge is -2.25. The smallest absolute Gasteiger partial charge is 0.296 e. The van der Waals surface area contributed by atoms with Crippen molar-refractivity contribution in [3.63, 3.8) is 0 Å². The van der Waals surface area contributed by atoms with Crippen molar-refractivity contribution in [3.05, 3.63) is 94.7 Å². The Balaban J connectivity index is 1.90. The monoisotopic (exact) mass is 426 g/mol. The van der Waals surface area contributed by atoms with Crippen molar-refractivity contribution in [1.82, 2.24) is 0 Å². The fraction of sp³-hybridized carbons (Fsp3) is 0.185. The SMILES string of the molecule is COc1ccc(C=C2C(=O)N=C(c3ccccc3)N2c2cc(C(C)C)c(O)cc2C)cc1. The van der Waals surface area contributed by atoms with Crippen LogP contribution in [0.3, 0.4) is 0 Å². The Morgan fingerprint density at radius 3 is 2.34 bits per heavy atom. The predicted octanol–water partition coefficient (Wildman–Crippen LogP) is 5.67. The van der Waals surface area contributed by atoms with Gasteiger partial charge in [-0.25, -0.2) is 0 Å². The summed E-state index contributed by atoms with van der Waals surface area (Å²) < 4.78 is 5.24. The first-order valence-corrected chi connectivity index (χ1v) is 10.6. The van der Waals surface area contributed by atoms with Crippen LogP contribution in [0, 0.1) is 6.92 Å². The van der Waals surface area contributed by atoms with Crippen LogP contribution in [0.4, 0.5) is 5.69 Å². The number of aryl methyl sites for hydroxylation is 1. The van der Waals surface area contributed by atoms with Crippen LogP contribution < -0.4 is 9.64 Å². The van der Waals surface area contributed by atoms with Gasteiger partial charge in [0, 0.05) is 5.56 Å². The van der Waals surface area contributed by atoms with Crippen LogP contribution in [0.25, 0.3) is 6.08 Å². The summed E-state index contributed by atoms with van der Waals surface area (Å²) in [5, 5.41) is 10.5. The molecule has 0 aliphatic carbocycles. The van der Waals surface area contributed by atoms with Crippen LogP contribution in [0.15, 0.2) is 77.4 Å². The van der Waals surface area contributed by atoms with Gasteiger partial charge in [-0.05, 0) is 59.9 Å². The van der Waals surface area contributed by atoms with Crippen LogP contribution in [-0.4, -0.2) is 24.0 Å². The first-order valence-electron chi connectivity index (χ1n) is 10.6. The second kappa shape index (κ2) is 8.71. The molecule has 0 aromatic heterocycles. The Hall–Kier alpha value is -3.86. The van der Waals surface area contributed by atoms with Gasteiger partial charge in [0.2, 0.25) is 0 Å². The van der Waals surface area contributed by atoms with Crippen LogP contribution in [0.5, 0.6) is 11.5 Å². The molecule has 3 aromatic carbocycles. The van der Waals surface area contributed by atoms with E-state index in [1.165, 1.54) is 0 Å². The van der Waals surface area contributed by atoms with Gasteiger partial charge in [0.05, 0.1) is 12.8 Å². The molecular weight excluding hydrogens is 400 g/mol. The molecule has 1 N–H and O–H groups in total. The van der Waals surface area contributed by atoms with Gasteiger partial charge in [0.1, 0.15) is 23.0 Å². The zero-order chi connectivity index (χ0) is 22.8. The van der Waals surface area contributed by atoms with Crippen LogP contribution in [0.2, 0.25) is 0 Å². The van der Waals surface area contributed by atoms with Gasteiger partial charge in [0.25, 0.3) is 5.91 Å². The second-order valence-electron chi connectivity index (χ2n) is 8.10. The Morgan fingerprint density at radius 1 is 1.03 bits per heavy atom. The molecule has 1 heterocycles. The average molecular weight is 427 g/mol. The number of rotatable bonds is 5. The number of aliphatic imine (C=N–C) groups is 1. The third kappa shape index (κ3) is 4.02. The minimum absolute atomic E-state index is 0.124. The van der Waals surface area contributed by atoms with E-state index in [0.29, 0.717) is 11.5 Å². The molecular formula is C27H26N2O3. The number of carbonyl (C=O) groups excluding carboxylic acids is 1. The molecule has 1 amide bonds. The Morgan fingerprint density at radius 2 is 1.72 bits per heavy atom. The molecule has 0 bridgehead atoms. The van der Waals surface area contributed by atoms with Gasteiger partial charge in [0.15, 0.2) is 0 Å². The molecule has 0 fully saturated rings. The number of ether oxygens (including phenoxy) is 1. The van der Waals surface area contributed by atoms with Gasteiger partial charge in [-0.1, -0.05) is 56.3 Å². The lowest BCUT2D eigenvalue weighted by Crippen LogP contribution is -2.28. The number of hydrogen-bond donors (Lipinski definition) is 1. The highest BCUT2D eigenvalue weighted by atomic mass is 16.5. The van der Waals surface area contributed by atoms with E-state index < -0.39 is 0 Å². The minimum atomic E-state index is -0.307. The summed E-state index contributed by atoms with van der Waals surface area (Å²) in [4.78, 5) is 19.4. The number of carbonyl (C=O) groups is 1.